The van der Waals surface area contributed by atoms with Crippen molar-refractivity contribution in [3.8, 4) is 0 Å². The summed E-state index contributed by atoms with van der Waals surface area (Å²) in [6, 6.07) is 4.80. The number of hydrogen-bond acceptors (Lipinski definition) is 3. The Bertz CT molecular complexity index is 255. The smallest absolute Gasteiger partial charge is 0.113 e. The van der Waals surface area contributed by atoms with Crippen LogP contribution >= 0.6 is 11.8 Å². The van der Waals surface area contributed by atoms with Crippen molar-refractivity contribution in [3.05, 3.63) is 24.2 Å². The van der Waals surface area contributed by atoms with Gasteiger partial charge in [-0.2, -0.15) is 11.8 Å². The van der Waals surface area contributed by atoms with E-state index in [4.69, 9.17) is 4.42 Å². The summed E-state index contributed by atoms with van der Waals surface area (Å²) >= 11 is 1.97. The van der Waals surface area contributed by atoms with Crippen LogP contribution in [0.4, 0.5) is 0 Å². The lowest BCUT2D eigenvalue weighted by Crippen LogP contribution is -2.20. The fourth-order valence-electron chi connectivity index (χ4n) is 2.00. The van der Waals surface area contributed by atoms with E-state index in [1.54, 1.807) is 6.26 Å². The van der Waals surface area contributed by atoms with Gasteiger partial charge >= 0.3 is 0 Å². The van der Waals surface area contributed by atoms with Crippen LogP contribution in [0.1, 0.15) is 31.4 Å². The van der Waals surface area contributed by atoms with Crippen molar-refractivity contribution in [2.24, 2.45) is 0 Å². The Kier molecular flexibility index (Phi) is 4.61. The minimum absolute atomic E-state index is 0.800. The van der Waals surface area contributed by atoms with E-state index in [9.17, 15) is 0 Å². The quantitative estimate of drug-likeness (QED) is 0.753. The monoisotopic (exact) mass is 225 g/mol. The van der Waals surface area contributed by atoms with Crippen LogP contribution in [0.15, 0.2) is 22.8 Å². The first-order valence-electron chi connectivity index (χ1n) is 5.78. The van der Waals surface area contributed by atoms with Gasteiger partial charge in [-0.25, -0.2) is 0 Å². The van der Waals surface area contributed by atoms with Crippen molar-refractivity contribution in [2.45, 2.75) is 37.5 Å². The fourth-order valence-corrected chi connectivity index (χ4v) is 2.88. The third kappa shape index (κ3) is 3.92. The molecule has 84 valence electrons. The standard InChI is InChI=1S/C12H19NOS/c1-4-11(13-7-1)5-3-9-15-10-12-6-2-8-14-12/h2,6,8,11,13H,1,3-5,7,9-10H2. The van der Waals surface area contributed by atoms with Gasteiger partial charge in [0.05, 0.1) is 12.0 Å². The van der Waals surface area contributed by atoms with E-state index in [1.807, 2.05) is 23.9 Å². The first-order chi connectivity index (χ1) is 7.45. The van der Waals surface area contributed by atoms with Gasteiger partial charge in [-0.15, -0.1) is 0 Å². The van der Waals surface area contributed by atoms with Crippen molar-refractivity contribution in [1.29, 1.82) is 0 Å². The molecule has 0 aromatic carbocycles. The molecule has 0 amide bonds. The Morgan fingerprint density at radius 3 is 3.27 bits per heavy atom. The summed E-state index contributed by atoms with van der Waals surface area (Å²) in [5.41, 5.74) is 0. The molecule has 2 nitrogen and oxygen atoms in total. The molecular formula is C12H19NOS. The Labute approximate surface area is 95.8 Å². The zero-order valence-corrected chi connectivity index (χ0v) is 9.89. The molecular weight excluding hydrogens is 206 g/mol. The molecule has 0 spiro atoms. The minimum atomic E-state index is 0.800. The van der Waals surface area contributed by atoms with Crippen LogP contribution in [0.5, 0.6) is 0 Å². The highest BCUT2D eigenvalue weighted by Crippen LogP contribution is 2.16. The van der Waals surface area contributed by atoms with Crippen molar-refractivity contribution in [3.63, 3.8) is 0 Å². The molecule has 1 aromatic rings. The molecule has 1 saturated heterocycles. The lowest BCUT2D eigenvalue weighted by molar-refractivity contribution is 0.530. The molecule has 2 heterocycles. The third-order valence-electron chi connectivity index (χ3n) is 2.83. The lowest BCUT2D eigenvalue weighted by atomic mass is 10.1. The van der Waals surface area contributed by atoms with E-state index in [1.165, 1.54) is 38.0 Å². The predicted molar refractivity (Wildman–Crippen MR) is 65.1 cm³/mol. The molecule has 2 rings (SSSR count). The maximum absolute atomic E-state index is 5.28. The number of nitrogens with one attached hydrogen (secondary N) is 1. The maximum atomic E-state index is 5.28. The van der Waals surface area contributed by atoms with Gasteiger partial charge in [0.15, 0.2) is 0 Å². The Morgan fingerprint density at radius 2 is 2.53 bits per heavy atom. The third-order valence-corrected chi connectivity index (χ3v) is 3.89. The van der Waals surface area contributed by atoms with Crippen molar-refractivity contribution < 1.29 is 4.42 Å². The first-order valence-corrected chi connectivity index (χ1v) is 6.94. The molecule has 1 aliphatic rings. The van der Waals surface area contributed by atoms with Crippen LogP contribution in [0.2, 0.25) is 0 Å². The first kappa shape index (κ1) is 11.1. The summed E-state index contributed by atoms with van der Waals surface area (Å²) in [7, 11) is 0. The van der Waals surface area contributed by atoms with Gasteiger partial charge in [0.1, 0.15) is 5.76 Å². The summed E-state index contributed by atoms with van der Waals surface area (Å²) in [4.78, 5) is 0. The SMILES string of the molecule is c1coc(CSCCCC2CCCN2)c1. The van der Waals surface area contributed by atoms with Gasteiger partial charge < -0.3 is 9.73 Å². The van der Waals surface area contributed by atoms with Crippen LogP contribution in [0.3, 0.4) is 0 Å². The number of thioether (sulfide) groups is 1. The summed E-state index contributed by atoms with van der Waals surface area (Å²) in [6.45, 7) is 1.23. The van der Waals surface area contributed by atoms with Crippen LogP contribution in [-0.2, 0) is 5.75 Å². The molecule has 15 heavy (non-hydrogen) atoms. The average Bonchev–Trinajstić information content (AvgIpc) is 2.88. The highest BCUT2D eigenvalue weighted by Gasteiger charge is 2.12. The van der Waals surface area contributed by atoms with Crippen LogP contribution in [0.25, 0.3) is 0 Å². The Hall–Kier alpha value is -0.410. The molecule has 0 radical (unpaired) electrons. The summed E-state index contributed by atoms with van der Waals surface area (Å²) < 4.78 is 5.28. The van der Waals surface area contributed by atoms with E-state index < -0.39 is 0 Å². The Morgan fingerprint density at radius 1 is 1.53 bits per heavy atom. The molecule has 3 heteroatoms. The summed E-state index contributed by atoms with van der Waals surface area (Å²) in [5, 5.41) is 3.53. The van der Waals surface area contributed by atoms with Gasteiger partial charge in [0.25, 0.3) is 0 Å². The van der Waals surface area contributed by atoms with Gasteiger partial charge in [0, 0.05) is 6.04 Å². The molecule has 0 aliphatic carbocycles. The van der Waals surface area contributed by atoms with Gasteiger partial charge in [-0.3, -0.25) is 0 Å². The van der Waals surface area contributed by atoms with Crippen LogP contribution < -0.4 is 5.32 Å². The van der Waals surface area contributed by atoms with Crippen molar-refractivity contribution in [2.75, 3.05) is 12.3 Å². The lowest BCUT2D eigenvalue weighted by Gasteiger charge is -2.08. The zero-order valence-electron chi connectivity index (χ0n) is 9.08. The maximum Gasteiger partial charge on any atom is 0.113 e. The number of rotatable bonds is 6. The Balaban J connectivity index is 1.48. The van der Waals surface area contributed by atoms with Crippen LogP contribution in [-0.4, -0.2) is 18.3 Å². The fraction of sp³-hybridized carbons (Fsp3) is 0.667. The van der Waals surface area contributed by atoms with E-state index in [2.05, 4.69) is 5.32 Å². The van der Waals surface area contributed by atoms with Gasteiger partial charge in [-0.05, 0) is 50.1 Å². The predicted octanol–water partition coefficient (Wildman–Crippen LogP) is 3.05. The molecule has 0 bridgehead atoms. The van der Waals surface area contributed by atoms with Crippen molar-refractivity contribution in [1.82, 2.24) is 5.32 Å². The van der Waals surface area contributed by atoms with Crippen LogP contribution in [0, 0.1) is 0 Å². The molecule has 1 aliphatic heterocycles. The largest absolute Gasteiger partial charge is 0.468 e. The second-order valence-corrected chi connectivity index (χ2v) is 5.17. The van der Waals surface area contributed by atoms with Gasteiger partial charge in [0.2, 0.25) is 0 Å². The second kappa shape index (κ2) is 6.23. The minimum Gasteiger partial charge on any atom is -0.468 e. The summed E-state index contributed by atoms with van der Waals surface area (Å²) in [5.74, 6) is 3.36. The summed E-state index contributed by atoms with van der Waals surface area (Å²) in [6.07, 6.45) is 7.15. The van der Waals surface area contributed by atoms with Crippen molar-refractivity contribution >= 4 is 11.8 Å². The second-order valence-electron chi connectivity index (χ2n) is 4.07. The molecule has 1 atom stereocenters. The highest BCUT2D eigenvalue weighted by molar-refractivity contribution is 7.98. The number of furan rings is 1. The molecule has 1 unspecified atom stereocenters. The van der Waals surface area contributed by atoms with E-state index >= 15 is 0 Å². The molecule has 0 saturated carbocycles. The zero-order chi connectivity index (χ0) is 10.3. The molecule has 1 N–H and O–H groups in total. The number of hydrogen-bond donors (Lipinski definition) is 1. The topological polar surface area (TPSA) is 25.2 Å². The van der Waals surface area contributed by atoms with E-state index in [0.717, 1.165) is 17.6 Å². The van der Waals surface area contributed by atoms with Gasteiger partial charge in [-0.1, -0.05) is 0 Å². The highest BCUT2D eigenvalue weighted by atomic mass is 32.2. The average molecular weight is 225 g/mol. The van der Waals surface area contributed by atoms with E-state index in [-0.39, 0.29) is 0 Å². The normalized spacial score (nSPS) is 20.9. The molecule has 1 aromatic heterocycles. The molecule has 1 fully saturated rings. The van der Waals surface area contributed by atoms with E-state index in [0.29, 0.717) is 0 Å².